The van der Waals surface area contributed by atoms with E-state index in [9.17, 15) is 10.1 Å². The van der Waals surface area contributed by atoms with Crippen molar-refractivity contribution in [2.45, 2.75) is 83.4 Å². The minimum absolute atomic E-state index is 0.185. The normalized spacial score (nSPS) is 18.6. The molecule has 0 bridgehead atoms. The molecular formula is C41H50N10O3. The van der Waals surface area contributed by atoms with Gasteiger partial charge in [-0.1, -0.05) is 45.0 Å². The average molecular weight is 731 g/mol. The van der Waals surface area contributed by atoms with Crippen LogP contribution in [0.15, 0.2) is 66.9 Å². The van der Waals surface area contributed by atoms with Crippen molar-refractivity contribution in [1.29, 1.82) is 5.26 Å². The molecule has 3 aromatic heterocycles. The predicted molar refractivity (Wildman–Crippen MR) is 209 cm³/mol. The van der Waals surface area contributed by atoms with Gasteiger partial charge in [-0.15, -0.1) is 10.2 Å². The second kappa shape index (κ2) is 15.4. The Bertz CT molecular complexity index is 2160. The average Bonchev–Trinajstić information content (AvgIpc) is 3.77. The summed E-state index contributed by atoms with van der Waals surface area (Å²) in [6, 6.07) is 21.3. The molecule has 13 heteroatoms. The molecule has 7 rings (SSSR count). The number of nitrogens with zero attached hydrogens (tertiary/aromatic N) is 8. The monoisotopic (exact) mass is 730 g/mol. The van der Waals surface area contributed by atoms with Gasteiger partial charge in [0.15, 0.2) is 5.65 Å². The van der Waals surface area contributed by atoms with Gasteiger partial charge in [0.05, 0.1) is 29.2 Å². The lowest BCUT2D eigenvalue weighted by atomic mass is 9.85. The number of carbonyl (C=O) groups excluding carboxylic acids is 1. The van der Waals surface area contributed by atoms with Gasteiger partial charge in [0.1, 0.15) is 36.1 Å². The Labute approximate surface area is 316 Å². The number of fused-ring (bicyclic) bond motifs is 2. The number of benzene rings is 2. The van der Waals surface area contributed by atoms with Gasteiger partial charge in [-0.25, -0.2) is 9.48 Å². The molecule has 282 valence electrons. The van der Waals surface area contributed by atoms with Crippen molar-refractivity contribution in [3.8, 4) is 23.3 Å². The molecule has 1 aliphatic carbocycles. The van der Waals surface area contributed by atoms with Gasteiger partial charge in [0.25, 0.3) is 0 Å². The second-order valence-corrected chi connectivity index (χ2v) is 15.6. The Morgan fingerprint density at radius 1 is 1.02 bits per heavy atom. The highest BCUT2D eigenvalue weighted by Gasteiger charge is 2.31. The number of likely N-dealkylation sites (N-methyl/N-ethyl adjacent to an activating group) is 1. The second-order valence-electron chi connectivity index (χ2n) is 15.6. The summed E-state index contributed by atoms with van der Waals surface area (Å²) in [6.07, 6.45) is 6.74. The molecule has 2 amide bonds. The molecule has 4 heterocycles. The van der Waals surface area contributed by atoms with Crippen molar-refractivity contribution in [2.75, 3.05) is 44.0 Å². The number of urea groups is 1. The smallest absolute Gasteiger partial charge is 0.320 e. The van der Waals surface area contributed by atoms with Crippen LogP contribution in [0.3, 0.4) is 0 Å². The van der Waals surface area contributed by atoms with Crippen LogP contribution in [0.4, 0.5) is 16.6 Å². The summed E-state index contributed by atoms with van der Waals surface area (Å²) >= 11 is 0. The van der Waals surface area contributed by atoms with Crippen LogP contribution in [-0.2, 0) is 5.41 Å². The number of aromatic nitrogens is 5. The zero-order valence-electron chi connectivity index (χ0n) is 32.0. The van der Waals surface area contributed by atoms with Crippen LogP contribution in [0.1, 0.15) is 94.3 Å². The number of nitrogens with one attached hydrogen (secondary N) is 2. The van der Waals surface area contributed by atoms with Gasteiger partial charge in [0, 0.05) is 36.7 Å². The van der Waals surface area contributed by atoms with Crippen LogP contribution < -0.4 is 25.0 Å². The lowest BCUT2D eigenvalue weighted by molar-refractivity contribution is 0.171. The zero-order chi connectivity index (χ0) is 38.0. The fourth-order valence-electron chi connectivity index (χ4n) is 7.24. The van der Waals surface area contributed by atoms with Crippen molar-refractivity contribution in [1.82, 2.24) is 34.6 Å². The van der Waals surface area contributed by atoms with E-state index in [0.717, 1.165) is 53.6 Å². The Hall–Kier alpha value is -5.61. The third kappa shape index (κ3) is 7.84. The van der Waals surface area contributed by atoms with Crippen LogP contribution in [-0.4, -0.2) is 75.1 Å². The fourth-order valence-corrected chi connectivity index (χ4v) is 7.24. The Morgan fingerprint density at radius 3 is 2.59 bits per heavy atom. The number of piperidine rings is 1. The Kier molecular flexibility index (Phi) is 10.5. The number of anilines is 2. The Balaban J connectivity index is 1.09. The van der Waals surface area contributed by atoms with Crippen molar-refractivity contribution in [3.63, 3.8) is 0 Å². The molecule has 3 atom stereocenters. The van der Waals surface area contributed by atoms with E-state index >= 15 is 0 Å². The lowest BCUT2D eigenvalue weighted by Crippen LogP contribution is -2.38. The van der Waals surface area contributed by atoms with E-state index in [1.54, 1.807) is 16.8 Å². The molecule has 0 saturated carbocycles. The highest BCUT2D eigenvalue weighted by Crippen LogP contribution is 2.39. The molecule has 1 fully saturated rings. The van der Waals surface area contributed by atoms with Gasteiger partial charge in [-0.05, 0) is 88.5 Å². The number of pyridine rings is 1. The summed E-state index contributed by atoms with van der Waals surface area (Å²) in [4.78, 5) is 18.1. The SMILES string of the molecule is C[C@H]1CCCCN1c1nnc2ccc(O[C@@H]3CC[C@H](NC(=O)Nc4cc(C(C)(C)C)nn4-c4ccc(C#N)c(OCCN(C)C)c4)c4ccccc43)cn12. The summed E-state index contributed by atoms with van der Waals surface area (Å²) in [5.41, 5.74) is 4.49. The largest absolute Gasteiger partial charge is 0.491 e. The molecule has 2 N–H and O–H groups in total. The van der Waals surface area contributed by atoms with Crippen molar-refractivity contribution >= 4 is 23.4 Å². The van der Waals surface area contributed by atoms with Gasteiger partial charge in [-0.3, -0.25) is 9.72 Å². The minimum atomic E-state index is -0.343. The van der Waals surface area contributed by atoms with E-state index in [4.69, 9.17) is 14.6 Å². The van der Waals surface area contributed by atoms with Crippen LogP contribution in [0, 0.1) is 11.3 Å². The third-order valence-electron chi connectivity index (χ3n) is 10.3. The standard InChI is InChI=1S/C41H50N10O3/c1-27-11-9-10-20-49(27)40-46-45-37-19-16-30(26-50(37)40)54-34-18-17-33(31-12-7-8-13-32(31)34)43-39(52)44-38-24-36(41(2,3)4)47-51(38)29-15-14-28(25-42)35(23-29)53-22-21-48(5)6/h7-8,12-16,19,23-24,26-27,33-34H,9-11,17-18,20-22H2,1-6H3,(H2,43,44,52)/t27-,33-,34+/m0/s1. The summed E-state index contributed by atoms with van der Waals surface area (Å²) in [7, 11) is 3.94. The number of rotatable bonds is 10. The van der Waals surface area contributed by atoms with Gasteiger partial charge < -0.3 is 24.6 Å². The first kappa shape index (κ1) is 36.7. The number of ether oxygens (including phenoxy) is 2. The van der Waals surface area contributed by atoms with E-state index in [1.807, 2.05) is 66.0 Å². The maximum Gasteiger partial charge on any atom is 0.320 e. The lowest BCUT2D eigenvalue weighted by Gasteiger charge is -2.33. The highest BCUT2D eigenvalue weighted by atomic mass is 16.5. The molecule has 1 aliphatic heterocycles. The van der Waals surface area contributed by atoms with E-state index in [1.165, 1.54) is 6.42 Å². The van der Waals surface area contributed by atoms with Gasteiger partial charge >= 0.3 is 6.03 Å². The molecule has 54 heavy (non-hydrogen) atoms. The van der Waals surface area contributed by atoms with E-state index in [2.05, 4.69) is 71.6 Å². The van der Waals surface area contributed by atoms with Crippen molar-refractivity contribution in [3.05, 3.63) is 89.2 Å². The summed E-state index contributed by atoms with van der Waals surface area (Å²) in [5.74, 6) is 2.57. The van der Waals surface area contributed by atoms with Crippen molar-refractivity contribution < 1.29 is 14.3 Å². The number of nitriles is 1. The first-order valence-corrected chi connectivity index (χ1v) is 18.9. The molecule has 2 aromatic carbocycles. The first-order valence-electron chi connectivity index (χ1n) is 18.9. The topological polar surface area (TPSA) is 138 Å². The van der Waals surface area contributed by atoms with Gasteiger partial charge in [0.2, 0.25) is 5.95 Å². The molecular weight excluding hydrogens is 681 g/mol. The summed E-state index contributed by atoms with van der Waals surface area (Å²) in [6.45, 7) is 10.6. The zero-order valence-corrected chi connectivity index (χ0v) is 32.0. The fraction of sp³-hybridized carbons (Fsp3) is 0.439. The van der Waals surface area contributed by atoms with E-state index < -0.39 is 0 Å². The number of hydrogen-bond donors (Lipinski definition) is 2. The number of amides is 2. The molecule has 0 radical (unpaired) electrons. The molecule has 13 nitrogen and oxygen atoms in total. The number of carbonyl (C=O) groups is 1. The van der Waals surface area contributed by atoms with Crippen LogP contribution >= 0.6 is 0 Å². The molecule has 5 aromatic rings. The minimum Gasteiger partial charge on any atom is -0.491 e. The number of hydrogen-bond acceptors (Lipinski definition) is 9. The van der Waals surface area contributed by atoms with Crippen LogP contribution in [0.25, 0.3) is 11.3 Å². The molecule has 0 unspecified atom stereocenters. The van der Waals surface area contributed by atoms with Gasteiger partial charge in [-0.2, -0.15) is 10.4 Å². The van der Waals surface area contributed by atoms with Crippen LogP contribution in [0.2, 0.25) is 0 Å². The highest BCUT2D eigenvalue weighted by molar-refractivity contribution is 5.89. The predicted octanol–water partition coefficient (Wildman–Crippen LogP) is 7.18. The molecule has 2 aliphatic rings. The third-order valence-corrected chi connectivity index (χ3v) is 10.3. The van der Waals surface area contributed by atoms with E-state index in [0.29, 0.717) is 54.9 Å². The maximum absolute atomic E-state index is 13.8. The maximum atomic E-state index is 13.8. The molecule has 0 spiro atoms. The molecule has 1 saturated heterocycles. The van der Waals surface area contributed by atoms with Crippen molar-refractivity contribution in [2.24, 2.45) is 0 Å². The summed E-state index contributed by atoms with van der Waals surface area (Å²) < 4.78 is 16.4. The van der Waals surface area contributed by atoms with Crippen LogP contribution in [0.5, 0.6) is 11.5 Å². The first-order chi connectivity index (χ1) is 26.0. The van der Waals surface area contributed by atoms with E-state index in [-0.39, 0.29) is 23.6 Å². The quantitative estimate of drug-likeness (QED) is 0.153. The summed E-state index contributed by atoms with van der Waals surface area (Å²) in [5, 5.41) is 29.9. The Morgan fingerprint density at radius 2 is 1.83 bits per heavy atom.